The average molecular weight is 362 g/mol. The van der Waals surface area contributed by atoms with Crippen molar-refractivity contribution in [2.24, 2.45) is 0 Å². The van der Waals surface area contributed by atoms with E-state index in [1.165, 1.54) is 0 Å². The summed E-state index contributed by atoms with van der Waals surface area (Å²) in [5, 5.41) is 3.74. The van der Waals surface area contributed by atoms with Gasteiger partial charge in [-0.1, -0.05) is 11.6 Å². The van der Waals surface area contributed by atoms with Crippen LogP contribution in [0.2, 0.25) is 5.15 Å². The molecule has 2 fully saturated rings. The van der Waals surface area contributed by atoms with Crippen LogP contribution >= 0.6 is 11.6 Å². The van der Waals surface area contributed by atoms with Gasteiger partial charge < -0.3 is 19.9 Å². The van der Waals surface area contributed by atoms with Crippen molar-refractivity contribution in [3.8, 4) is 0 Å². The number of nitrogens with one attached hydrogen (secondary N) is 1. The predicted molar refractivity (Wildman–Crippen MR) is 95.1 cm³/mol. The molecule has 8 nitrogen and oxygen atoms in total. The van der Waals surface area contributed by atoms with Gasteiger partial charge in [-0.15, -0.1) is 0 Å². The molecule has 2 aromatic heterocycles. The zero-order chi connectivity index (χ0) is 17.1. The van der Waals surface area contributed by atoms with E-state index in [0.29, 0.717) is 24.1 Å². The van der Waals surface area contributed by atoms with Crippen LogP contribution in [0.15, 0.2) is 24.5 Å². The van der Waals surface area contributed by atoms with Gasteiger partial charge in [-0.05, 0) is 6.07 Å². The van der Waals surface area contributed by atoms with E-state index in [-0.39, 0.29) is 6.10 Å². The third-order valence-electron chi connectivity index (χ3n) is 4.35. The Kier molecular flexibility index (Phi) is 4.91. The maximum atomic E-state index is 6.23. The van der Waals surface area contributed by atoms with Crippen LogP contribution in [0.3, 0.4) is 0 Å². The fourth-order valence-corrected chi connectivity index (χ4v) is 3.23. The molecule has 1 N–H and O–H groups in total. The van der Waals surface area contributed by atoms with Gasteiger partial charge in [0.2, 0.25) is 5.95 Å². The topological polar surface area (TPSA) is 79.3 Å². The summed E-state index contributed by atoms with van der Waals surface area (Å²) >= 11 is 6.23. The Hall–Kier alpha value is -2.03. The van der Waals surface area contributed by atoms with Crippen molar-refractivity contribution < 1.29 is 4.74 Å². The molecule has 0 aromatic carbocycles. The first kappa shape index (κ1) is 16.4. The van der Waals surface area contributed by atoms with Crippen LogP contribution in [0.1, 0.15) is 11.9 Å². The quantitative estimate of drug-likeness (QED) is 0.808. The van der Waals surface area contributed by atoms with Crippen LogP contribution in [-0.2, 0) is 4.74 Å². The number of morpholine rings is 1. The Morgan fingerprint density at radius 3 is 2.56 bits per heavy atom. The number of aromatic nitrogens is 4. The Morgan fingerprint density at radius 2 is 1.84 bits per heavy atom. The maximum absolute atomic E-state index is 6.23. The molecule has 25 heavy (non-hydrogen) atoms. The fraction of sp³-hybridized carbons (Fsp3) is 0.500. The molecular weight excluding hydrogens is 342 g/mol. The minimum absolute atomic E-state index is 0.148. The number of ether oxygens (including phenoxy) is 1. The lowest BCUT2D eigenvalue weighted by Gasteiger charge is -2.35. The van der Waals surface area contributed by atoms with Crippen molar-refractivity contribution in [1.29, 1.82) is 0 Å². The smallest absolute Gasteiger partial charge is 0.225 e. The first-order chi connectivity index (χ1) is 12.3. The molecule has 1 unspecified atom stereocenters. The number of piperazine rings is 1. The summed E-state index contributed by atoms with van der Waals surface area (Å²) in [6.07, 6.45) is 3.39. The zero-order valence-corrected chi connectivity index (χ0v) is 14.6. The van der Waals surface area contributed by atoms with Crippen LogP contribution in [-0.4, -0.2) is 65.8 Å². The second kappa shape index (κ2) is 7.47. The summed E-state index contributed by atoms with van der Waals surface area (Å²) in [4.78, 5) is 22.1. The Bertz CT molecular complexity index is 703. The summed E-state index contributed by atoms with van der Waals surface area (Å²) in [5.41, 5.74) is 0. The van der Waals surface area contributed by atoms with E-state index in [1.807, 2.05) is 12.1 Å². The lowest BCUT2D eigenvalue weighted by atomic mass is 10.2. The van der Waals surface area contributed by atoms with E-state index < -0.39 is 0 Å². The number of hydrogen-bond acceptors (Lipinski definition) is 8. The molecule has 0 bridgehead atoms. The minimum atomic E-state index is -0.148. The molecule has 2 aliphatic heterocycles. The van der Waals surface area contributed by atoms with Crippen molar-refractivity contribution >= 4 is 23.4 Å². The lowest BCUT2D eigenvalue weighted by Crippen LogP contribution is -2.47. The van der Waals surface area contributed by atoms with Gasteiger partial charge in [-0.2, -0.15) is 0 Å². The third-order valence-corrected chi connectivity index (χ3v) is 4.55. The largest absolute Gasteiger partial charge is 0.368 e. The van der Waals surface area contributed by atoms with E-state index in [0.717, 1.165) is 44.5 Å². The van der Waals surface area contributed by atoms with Crippen LogP contribution < -0.4 is 15.1 Å². The van der Waals surface area contributed by atoms with Gasteiger partial charge in [-0.3, -0.25) is 0 Å². The van der Waals surface area contributed by atoms with Gasteiger partial charge >= 0.3 is 0 Å². The Balaban J connectivity index is 1.46. The van der Waals surface area contributed by atoms with E-state index in [9.17, 15) is 0 Å². The zero-order valence-electron chi connectivity index (χ0n) is 13.8. The molecule has 0 aliphatic carbocycles. The maximum Gasteiger partial charge on any atom is 0.225 e. The van der Waals surface area contributed by atoms with Crippen LogP contribution in [0.4, 0.5) is 11.8 Å². The molecule has 2 aliphatic rings. The van der Waals surface area contributed by atoms with Crippen molar-refractivity contribution in [3.63, 3.8) is 0 Å². The fourth-order valence-electron chi connectivity index (χ4n) is 3.05. The SMILES string of the molecule is Clc1cc(N2CCN(c3ncccn3)CC2)nc(C2CNCCO2)n1. The third kappa shape index (κ3) is 3.81. The van der Waals surface area contributed by atoms with E-state index >= 15 is 0 Å². The molecule has 1 atom stereocenters. The molecular formula is C16H20ClN7O. The molecule has 2 aromatic rings. The van der Waals surface area contributed by atoms with E-state index in [4.69, 9.17) is 21.3 Å². The van der Waals surface area contributed by atoms with Crippen LogP contribution in [0, 0.1) is 0 Å². The Labute approximate surface area is 151 Å². The van der Waals surface area contributed by atoms with Crippen molar-refractivity contribution in [3.05, 3.63) is 35.5 Å². The molecule has 9 heteroatoms. The van der Waals surface area contributed by atoms with Crippen LogP contribution in [0.25, 0.3) is 0 Å². The van der Waals surface area contributed by atoms with Crippen LogP contribution in [0.5, 0.6) is 0 Å². The number of halogens is 1. The highest BCUT2D eigenvalue weighted by Gasteiger charge is 2.24. The van der Waals surface area contributed by atoms with Gasteiger partial charge in [0, 0.05) is 57.7 Å². The van der Waals surface area contributed by atoms with E-state index in [2.05, 4.69) is 30.1 Å². The monoisotopic (exact) mass is 361 g/mol. The highest BCUT2D eigenvalue weighted by atomic mass is 35.5. The van der Waals surface area contributed by atoms with Gasteiger partial charge in [0.15, 0.2) is 5.82 Å². The van der Waals surface area contributed by atoms with Crippen molar-refractivity contribution in [2.75, 3.05) is 55.7 Å². The summed E-state index contributed by atoms with van der Waals surface area (Å²) < 4.78 is 5.75. The van der Waals surface area contributed by atoms with Gasteiger partial charge in [-0.25, -0.2) is 19.9 Å². The number of rotatable bonds is 3. The van der Waals surface area contributed by atoms with Gasteiger partial charge in [0.1, 0.15) is 17.1 Å². The minimum Gasteiger partial charge on any atom is -0.368 e. The van der Waals surface area contributed by atoms with Gasteiger partial charge in [0.25, 0.3) is 0 Å². The highest BCUT2D eigenvalue weighted by molar-refractivity contribution is 6.29. The lowest BCUT2D eigenvalue weighted by molar-refractivity contribution is 0.0222. The first-order valence-electron chi connectivity index (χ1n) is 8.43. The summed E-state index contributed by atoms with van der Waals surface area (Å²) in [6.45, 7) is 5.55. The molecule has 0 amide bonds. The number of anilines is 2. The average Bonchev–Trinajstić information content (AvgIpc) is 2.69. The molecule has 4 rings (SSSR count). The number of nitrogens with zero attached hydrogens (tertiary/aromatic N) is 6. The standard InChI is InChI=1S/C16H20ClN7O/c17-13-10-14(22-15(21-13)12-11-18-4-9-25-12)23-5-7-24(8-6-23)16-19-2-1-3-20-16/h1-3,10,12,18H,4-9,11H2. The normalized spacial score (nSPS) is 21.4. The van der Waals surface area contributed by atoms with E-state index in [1.54, 1.807) is 12.4 Å². The molecule has 0 radical (unpaired) electrons. The predicted octanol–water partition coefficient (Wildman–Crippen LogP) is 0.907. The summed E-state index contributed by atoms with van der Waals surface area (Å²) in [5.74, 6) is 2.26. The van der Waals surface area contributed by atoms with Gasteiger partial charge in [0.05, 0.1) is 6.61 Å². The second-order valence-electron chi connectivity index (χ2n) is 5.99. The summed E-state index contributed by atoms with van der Waals surface area (Å²) in [6, 6.07) is 3.64. The highest BCUT2D eigenvalue weighted by Crippen LogP contribution is 2.23. The summed E-state index contributed by atoms with van der Waals surface area (Å²) in [7, 11) is 0. The number of hydrogen-bond donors (Lipinski definition) is 1. The molecule has 2 saturated heterocycles. The molecule has 0 saturated carbocycles. The molecule has 0 spiro atoms. The Morgan fingerprint density at radius 1 is 1.08 bits per heavy atom. The van der Waals surface area contributed by atoms with Crippen molar-refractivity contribution in [2.45, 2.75) is 6.10 Å². The molecule has 132 valence electrons. The first-order valence-corrected chi connectivity index (χ1v) is 8.81. The van der Waals surface area contributed by atoms with Crippen molar-refractivity contribution in [1.82, 2.24) is 25.3 Å². The second-order valence-corrected chi connectivity index (χ2v) is 6.38. The molecule has 4 heterocycles.